The highest BCUT2D eigenvalue weighted by Crippen LogP contribution is 2.31. The summed E-state index contributed by atoms with van der Waals surface area (Å²) in [7, 11) is 0. The van der Waals surface area contributed by atoms with Crippen molar-refractivity contribution in [1.29, 1.82) is 0 Å². The van der Waals surface area contributed by atoms with Crippen LogP contribution in [0.1, 0.15) is 42.3 Å². The van der Waals surface area contributed by atoms with Crippen molar-refractivity contribution in [3.05, 3.63) is 72.2 Å². The van der Waals surface area contributed by atoms with Crippen molar-refractivity contribution in [2.45, 2.75) is 38.4 Å². The normalized spacial score (nSPS) is 18.8. The predicted molar refractivity (Wildman–Crippen MR) is 91.3 cm³/mol. The van der Waals surface area contributed by atoms with Crippen molar-refractivity contribution in [3.63, 3.8) is 0 Å². The molecule has 3 aromatic rings. The van der Waals surface area contributed by atoms with Crippen LogP contribution in [-0.4, -0.2) is 26.2 Å². The average Bonchev–Trinajstić information content (AvgIpc) is 3.28. The van der Waals surface area contributed by atoms with E-state index in [0.29, 0.717) is 6.04 Å². The molecule has 1 unspecified atom stereocenters. The Morgan fingerprint density at radius 1 is 1.04 bits per heavy atom. The standard InChI is InChI=1S/C19H22N4O/c1-2-6-16(7-3-1)12-23-15-20-21-19(23)18-8-4-5-10-22(18)13-17-9-11-24-14-17/h1-3,6-7,9,11,14-15,18H,4-5,8,10,12-13H2. The zero-order chi connectivity index (χ0) is 16.2. The molecule has 124 valence electrons. The maximum absolute atomic E-state index is 5.22. The van der Waals surface area contributed by atoms with Gasteiger partial charge in [0.25, 0.3) is 0 Å². The van der Waals surface area contributed by atoms with Gasteiger partial charge in [-0.15, -0.1) is 10.2 Å². The Hall–Kier alpha value is -2.40. The summed E-state index contributed by atoms with van der Waals surface area (Å²) in [5, 5.41) is 8.66. The monoisotopic (exact) mass is 322 g/mol. The molecule has 0 amide bonds. The Bertz CT molecular complexity index is 751. The maximum atomic E-state index is 5.22. The summed E-state index contributed by atoms with van der Waals surface area (Å²) in [4.78, 5) is 2.50. The van der Waals surface area contributed by atoms with Crippen LogP contribution in [0.5, 0.6) is 0 Å². The molecule has 1 aliphatic rings. The van der Waals surface area contributed by atoms with Gasteiger partial charge in [-0.2, -0.15) is 0 Å². The van der Waals surface area contributed by atoms with Crippen LogP contribution in [0.15, 0.2) is 59.7 Å². The lowest BCUT2D eigenvalue weighted by Gasteiger charge is -2.34. The molecule has 0 bridgehead atoms. The highest BCUT2D eigenvalue weighted by atomic mass is 16.3. The third kappa shape index (κ3) is 3.26. The van der Waals surface area contributed by atoms with Gasteiger partial charge in [-0.3, -0.25) is 4.90 Å². The van der Waals surface area contributed by atoms with E-state index in [0.717, 1.165) is 31.9 Å². The summed E-state index contributed by atoms with van der Waals surface area (Å²) in [6, 6.07) is 12.8. The van der Waals surface area contributed by atoms with Gasteiger partial charge in [-0.1, -0.05) is 36.8 Å². The molecule has 4 rings (SSSR count). The number of aromatic nitrogens is 3. The first kappa shape index (κ1) is 15.1. The van der Waals surface area contributed by atoms with E-state index in [9.17, 15) is 0 Å². The highest BCUT2D eigenvalue weighted by molar-refractivity contribution is 5.16. The first-order chi connectivity index (χ1) is 11.9. The molecule has 5 nitrogen and oxygen atoms in total. The summed E-state index contributed by atoms with van der Waals surface area (Å²) in [6.07, 6.45) is 9.04. The Labute approximate surface area is 141 Å². The maximum Gasteiger partial charge on any atom is 0.150 e. The number of rotatable bonds is 5. The Morgan fingerprint density at radius 3 is 2.79 bits per heavy atom. The molecule has 0 saturated carbocycles. The van der Waals surface area contributed by atoms with Crippen LogP contribution in [0.2, 0.25) is 0 Å². The zero-order valence-corrected chi connectivity index (χ0v) is 13.7. The van der Waals surface area contributed by atoms with Crippen molar-refractivity contribution >= 4 is 0 Å². The molecule has 24 heavy (non-hydrogen) atoms. The van der Waals surface area contributed by atoms with Crippen LogP contribution in [0, 0.1) is 0 Å². The largest absolute Gasteiger partial charge is 0.472 e. The van der Waals surface area contributed by atoms with Gasteiger partial charge in [0.05, 0.1) is 25.1 Å². The fourth-order valence-corrected chi connectivity index (χ4v) is 3.51. The van der Waals surface area contributed by atoms with Gasteiger partial charge in [0.15, 0.2) is 5.82 Å². The van der Waals surface area contributed by atoms with Crippen LogP contribution < -0.4 is 0 Å². The smallest absolute Gasteiger partial charge is 0.150 e. The Morgan fingerprint density at radius 2 is 1.96 bits per heavy atom. The molecule has 1 fully saturated rings. The summed E-state index contributed by atoms with van der Waals surface area (Å²) < 4.78 is 7.41. The van der Waals surface area contributed by atoms with E-state index in [1.807, 2.05) is 24.7 Å². The second-order valence-electron chi connectivity index (χ2n) is 6.42. The molecule has 0 aliphatic carbocycles. The van der Waals surface area contributed by atoms with E-state index < -0.39 is 0 Å². The topological polar surface area (TPSA) is 47.1 Å². The van der Waals surface area contributed by atoms with Gasteiger partial charge in [-0.05, 0) is 31.0 Å². The van der Waals surface area contributed by atoms with Crippen LogP contribution >= 0.6 is 0 Å². The minimum Gasteiger partial charge on any atom is -0.472 e. The van der Waals surface area contributed by atoms with Crippen molar-refractivity contribution in [1.82, 2.24) is 19.7 Å². The molecule has 0 spiro atoms. The lowest BCUT2D eigenvalue weighted by molar-refractivity contribution is 0.130. The van der Waals surface area contributed by atoms with Gasteiger partial charge in [-0.25, -0.2) is 0 Å². The van der Waals surface area contributed by atoms with Crippen LogP contribution in [0.25, 0.3) is 0 Å². The zero-order valence-electron chi connectivity index (χ0n) is 13.7. The molecular weight excluding hydrogens is 300 g/mol. The molecule has 3 heterocycles. The van der Waals surface area contributed by atoms with Crippen LogP contribution in [0.3, 0.4) is 0 Å². The molecule has 0 radical (unpaired) electrons. The fraction of sp³-hybridized carbons (Fsp3) is 0.368. The van der Waals surface area contributed by atoms with E-state index in [2.05, 4.69) is 43.9 Å². The summed E-state index contributed by atoms with van der Waals surface area (Å²) in [6.45, 7) is 2.81. The molecule has 1 atom stereocenters. The first-order valence-electron chi connectivity index (χ1n) is 8.57. The Kier molecular flexibility index (Phi) is 4.42. The van der Waals surface area contributed by atoms with E-state index in [4.69, 9.17) is 4.42 Å². The summed E-state index contributed by atoms with van der Waals surface area (Å²) in [5.41, 5.74) is 2.49. The molecule has 1 aliphatic heterocycles. The lowest BCUT2D eigenvalue weighted by atomic mass is 10.0. The molecule has 2 aromatic heterocycles. The van der Waals surface area contributed by atoms with Crippen molar-refractivity contribution in [3.8, 4) is 0 Å². The number of nitrogens with zero attached hydrogens (tertiary/aromatic N) is 4. The summed E-state index contributed by atoms with van der Waals surface area (Å²) >= 11 is 0. The number of piperidine rings is 1. The highest BCUT2D eigenvalue weighted by Gasteiger charge is 2.28. The Balaban J connectivity index is 1.56. The van der Waals surface area contributed by atoms with Crippen molar-refractivity contribution in [2.75, 3.05) is 6.54 Å². The first-order valence-corrected chi connectivity index (χ1v) is 8.57. The fourth-order valence-electron chi connectivity index (χ4n) is 3.51. The van der Waals surface area contributed by atoms with Crippen molar-refractivity contribution < 1.29 is 4.42 Å². The van der Waals surface area contributed by atoms with Gasteiger partial charge in [0, 0.05) is 12.1 Å². The molecular formula is C19H22N4O. The van der Waals surface area contributed by atoms with Gasteiger partial charge >= 0.3 is 0 Å². The number of likely N-dealkylation sites (tertiary alicyclic amines) is 1. The van der Waals surface area contributed by atoms with Crippen LogP contribution in [0.4, 0.5) is 0 Å². The third-order valence-corrected chi connectivity index (χ3v) is 4.72. The summed E-state index contributed by atoms with van der Waals surface area (Å²) in [5.74, 6) is 1.07. The molecule has 1 aromatic carbocycles. The van der Waals surface area contributed by atoms with Gasteiger partial charge in [0.2, 0.25) is 0 Å². The number of benzene rings is 1. The average molecular weight is 322 g/mol. The minimum absolute atomic E-state index is 0.319. The van der Waals surface area contributed by atoms with Gasteiger partial charge < -0.3 is 8.98 Å². The molecule has 0 N–H and O–H groups in total. The number of hydrogen-bond acceptors (Lipinski definition) is 4. The van der Waals surface area contributed by atoms with Crippen LogP contribution in [-0.2, 0) is 13.1 Å². The second kappa shape index (κ2) is 7.01. The second-order valence-corrected chi connectivity index (χ2v) is 6.42. The van der Waals surface area contributed by atoms with E-state index >= 15 is 0 Å². The number of hydrogen-bond donors (Lipinski definition) is 0. The van der Waals surface area contributed by atoms with E-state index in [1.54, 1.807) is 6.26 Å². The van der Waals surface area contributed by atoms with Crippen molar-refractivity contribution in [2.24, 2.45) is 0 Å². The predicted octanol–water partition coefficient (Wildman–Crippen LogP) is 3.65. The third-order valence-electron chi connectivity index (χ3n) is 4.72. The minimum atomic E-state index is 0.319. The molecule has 1 saturated heterocycles. The number of furan rings is 1. The van der Waals surface area contributed by atoms with Gasteiger partial charge in [0.1, 0.15) is 6.33 Å². The lowest BCUT2D eigenvalue weighted by Crippen LogP contribution is -2.34. The SMILES string of the molecule is c1ccc(Cn2cnnc2C2CCCCN2Cc2ccoc2)cc1. The van der Waals surface area contributed by atoms with E-state index in [-0.39, 0.29) is 0 Å². The van der Waals surface area contributed by atoms with E-state index in [1.165, 1.54) is 24.0 Å². The quantitative estimate of drug-likeness (QED) is 0.719. The molecule has 5 heteroatoms.